The Morgan fingerprint density at radius 2 is 2.08 bits per heavy atom. The Morgan fingerprint density at radius 1 is 1.38 bits per heavy atom. The van der Waals surface area contributed by atoms with Crippen molar-refractivity contribution in [2.45, 2.75) is 32.2 Å². The highest BCUT2D eigenvalue weighted by molar-refractivity contribution is 5.94. The number of rotatable bonds is 6. The first-order valence-corrected chi connectivity index (χ1v) is 7.55. The molecule has 0 radical (unpaired) electrons. The largest absolute Gasteiger partial charge is 0.479 e. The Hall–Kier alpha value is -2.67. The number of Topliss-reactive ketones (excluding diaryl/α,β-unsaturated/α-hetero) is 1. The lowest BCUT2D eigenvalue weighted by Crippen LogP contribution is -2.54. The van der Waals surface area contributed by atoms with E-state index in [1.54, 1.807) is 30.3 Å². The van der Waals surface area contributed by atoms with Crippen molar-refractivity contribution >= 4 is 17.7 Å². The quantitative estimate of drug-likeness (QED) is 0.480. The summed E-state index contributed by atoms with van der Waals surface area (Å²) in [4.78, 5) is 35.2. The summed E-state index contributed by atoms with van der Waals surface area (Å²) in [6, 6.07) is 6.02. The van der Waals surface area contributed by atoms with Crippen LogP contribution in [0.25, 0.3) is 0 Å². The average molecular weight is 331 g/mol. The first kappa shape index (κ1) is 16.2. The fraction of sp³-hybridized carbons (Fsp3) is 0.353. The van der Waals surface area contributed by atoms with Gasteiger partial charge in [-0.15, -0.1) is 0 Å². The van der Waals surface area contributed by atoms with Gasteiger partial charge in [-0.2, -0.15) is 0 Å². The monoisotopic (exact) mass is 331 g/mol. The van der Waals surface area contributed by atoms with E-state index < -0.39 is 18.2 Å². The molecular formula is C17H17NO6. The molecule has 0 aromatic heterocycles. The van der Waals surface area contributed by atoms with Crippen LogP contribution in [-0.4, -0.2) is 46.5 Å². The van der Waals surface area contributed by atoms with E-state index in [-0.39, 0.29) is 30.5 Å². The van der Waals surface area contributed by atoms with Crippen molar-refractivity contribution in [2.24, 2.45) is 0 Å². The van der Waals surface area contributed by atoms with Gasteiger partial charge in [0.25, 0.3) is 0 Å². The van der Waals surface area contributed by atoms with Crippen LogP contribution in [0, 0.1) is 0 Å². The maximum Gasteiger partial charge on any atom is 0.334 e. The highest BCUT2D eigenvalue weighted by atomic mass is 16.5. The zero-order valence-corrected chi connectivity index (χ0v) is 13.1. The van der Waals surface area contributed by atoms with E-state index in [1.807, 2.05) is 0 Å². The minimum absolute atomic E-state index is 0.00414. The highest BCUT2D eigenvalue weighted by Crippen LogP contribution is 2.36. The molecule has 2 aliphatic heterocycles. The number of hydrogen-bond acceptors (Lipinski definition) is 5. The van der Waals surface area contributed by atoms with Crippen molar-refractivity contribution in [3.05, 3.63) is 47.2 Å². The third kappa shape index (κ3) is 3.03. The molecule has 7 heteroatoms. The topological polar surface area (TPSA) is 93.1 Å². The summed E-state index contributed by atoms with van der Waals surface area (Å²) >= 11 is 0. The van der Waals surface area contributed by atoms with Gasteiger partial charge in [0.2, 0.25) is 5.91 Å². The molecule has 1 aromatic carbocycles. The molecule has 24 heavy (non-hydrogen) atoms. The maximum atomic E-state index is 11.5. The number of carbonyl (C=O) groups is 3. The minimum atomic E-state index is -1.11. The van der Waals surface area contributed by atoms with Gasteiger partial charge in [0.05, 0.1) is 19.6 Å². The number of carbonyl (C=O) groups excluding carboxylic acids is 2. The van der Waals surface area contributed by atoms with Crippen molar-refractivity contribution in [3.8, 4) is 0 Å². The molecule has 7 nitrogen and oxygen atoms in total. The van der Waals surface area contributed by atoms with Crippen molar-refractivity contribution in [2.75, 3.05) is 6.61 Å². The van der Waals surface area contributed by atoms with Crippen molar-refractivity contribution in [1.82, 2.24) is 4.90 Å². The summed E-state index contributed by atoms with van der Waals surface area (Å²) in [5.41, 5.74) is 1.54. The second-order valence-corrected chi connectivity index (χ2v) is 5.69. The van der Waals surface area contributed by atoms with E-state index >= 15 is 0 Å². The van der Waals surface area contributed by atoms with Crippen molar-refractivity contribution in [1.29, 1.82) is 0 Å². The van der Waals surface area contributed by atoms with Gasteiger partial charge in [-0.05, 0) is 18.6 Å². The maximum absolute atomic E-state index is 11.5. The summed E-state index contributed by atoms with van der Waals surface area (Å²) < 4.78 is 11.0. The number of nitrogens with zero attached hydrogens (tertiary/aromatic N) is 1. The van der Waals surface area contributed by atoms with Gasteiger partial charge < -0.3 is 14.6 Å². The highest BCUT2D eigenvalue weighted by Gasteiger charge is 2.53. The SMILES string of the molecule is CC(=O)c1ccc(COC/C=C2\O[C@@H]3CC(=O)N3[C@H]2C(=O)O)cc1. The van der Waals surface area contributed by atoms with E-state index in [4.69, 9.17) is 9.47 Å². The minimum Gasteiger partial charge on any atom is -0.479 e. The third-order valence-corrected chi connectivity index (χ3v) is 4.03. The number of ether oxygens (including phenoxy) is 2. The number of carboxylic acid groups (broad SMARTS) is 1. The lowest BCUT2D eigenvalue weighted by molar-refractivity contribution is -0.163. The zero-order chi connectivity index (χ0) is 17.3. The Kier molecular flexibility index (Phi) is 4.35. The summed E-state index contributed by atoms with van der Waals surface area (Å²) in [5, 5.41) is 9.25. The summed E-state index contributed by atoms with van der Waals surface area (Å²) in [6.07, 6.45) is 1.29. The molecule has 126 valence electrons. The normalized spacial score (nSPS) is 23.6. The number of carboxylic acids is 1. The molecule has 2 atom stereocenters. The molecule has 2 heterocycles. The Labute approximate surface area is 138 Å². The predicted molar refractivity (Wildman–Crippen MR) is 81.9 cm³/mol. The van der Waals surface area contributed by atoms with Gasteiger partial charge in [-0.1, -0.05) is 24.3 Å². The van der Waals surface area contributed by atoms with E-state index in [9.17, 15) is 19.5 Å². The van der Waals surface area contributed by atoms with Gasteiger partial charge in [0, 0.05) is 5.56 Å². The number of β-lactam (4-membered cyclic amide) rings is 1. The van der Waals surface area contributed by atoms with Crippen LogP contribution in [0.4, 0.5) is 0 Å². The van der Waals surface area contributed by atoms with Crippen molar-refractivity contribution in [3.63, 3.8) is 0 Å². The van der Waals surface area contributed by atoms with Gasteiger partial charge in [-0.25, -0.2) is 4.79 Å². The Bertz CT molecular complexity index is 708. The number of fused-ring (bicyclic) bond motifs is 1. The van der Waals surface area contributed by atoms with Gasteiger partial charge in [0.15, 0.2) is 18.1 Å². The molecule has 1 N–H and O–H groups in total. The summed E-state index contributed by atoms with van der Waals surface area (Å²) in [5.74, 6) is -1.09. The lowest BCUT2D eigenvalue weighted by atomic mass is 10.1. The van der Waals surface area contributed by atoms with Crippen LogP contribution in [0.1, 0.15) is 29.3 Å². The van der Waals surface area contributed by atoms with Gasteiger partial charge >= 0.3 is 5.97 Å². The van der Waals surface area contributed by atoms with Gasteiger partial charge in [-0.3, -0.25) is 14.5 Å². The molecule has 0 saturated carbocycles. The van der Waals surface area contributed by atoms with E-state index in [0.717, 1.165) is 5.56 Å². The number of benzene rings is 1. The molecule has 0 spiro atoms. The van der Waals surface area contributed by atoms with Crippen LogP contribution < -0.4 is 0 Å². The first-order chi connectivity index (χ1) is 11.5. The fourth-order valence-electron chi connectivity index (χ4n) is 2.72. The second-order valence-electron chi connectivity index (χ2n) is 5.69. The number of aliphatic carboxylic acids is 1. The van der Waals surface area contributed by atoms with Crippen LogP contribution in [-0.2, 0) is 25.7 Å². The average Bonchev–Trinajstić information content (AvgIpc) is 2.84. The molecular weight excluding hydrogens is 314 g/mol. The summed E-state index contributed by atoms with van der Waals surface area (Å²) in [7, 11) is 0. The van der Waals surface area contributed by atoms with Crippen molar-refractivity contribution < 1.29 is 29.0 Å². The van der Waals surface area contributed by atoms with Gasteiger partial charge in [0.1, 0.15) is 5.76 Å². The molecule has 2 aliphatic rings. The number of amides is 1. The lowest BCUT2D eigenvalue weighted by Gasteiger charge is -2.33. The Morgan fingerprint density at radius 3 is 2.67 bits per heavy atom. The second kappa shape index (κ2) is 6.45. The van der Waals surface area contributed by atoms with Crippen LogP contribution >= 0.6 is 0 Å². The van der Waals surface area contributed by atoms with Crippen LogP contribution in [0.3, 0.4) is 0 Å². The third-order valence-electron chi connectivity index (χ3n) is 4.03. The molecule has 0 aliphatic carbocycles. The molecule has 2 fully saturated rings. The van der Waals surface area contributed by atoms with E-state index in [0.29, 0.717) is 12.2 Å². The summed E-state index contributed by atoms with van der Waals surface area (Å²) in [6.45, 7) is 2.00. The molecule has 1 aromatic rings. The van der Waals surface area contributed by atoms with Crippen LogP contribution in [0.15, 0.2) is 36.1 Å². The van der Waals surface area contributed by atoms with E-state index in [1.165, 1.54) is 11.8 Å². The first-order valence-electron chi connectivity index (χ1n) is 7.55. The molecule has 3 rings (SSSR count). The fourth-order valence-corrected chi connectivity index (χ4v) is 2.72. The smallest absolute Gasteiger partial charge is 0.334 e. The molecule has 0 bridgehead atoms. The van der Waals surface area contributed by atoms with Crippen LogP contribution in [0.5, 0.6) is 0 Å². The Balaban J connectivity index is 1.55. The van der Waals surface area contributed by atoms with Crippen LogP contribution in [0.2, 0.25) is 0 Å². The molecule has 0 unspecified atom stereocenters. The molecule has 1 amide bonds. The predicted octanol–water partition coefficient (Wildman–Crippen LogP) is 1.33. The van der Waals surface area contributed by atoms with E-state index in [2.05, 4.69) is 0 Å². The molecule has 2 saturated heterocycles. The number of hydrogen-bond donors (Lipinski definition) is 1. The zero-order valence-electron chi connectivity index (χ0n) is 13.1. The standard InChI is InChI=1S/C17H17NO6/c1-10(19)12-4-2-11(3-5-12)9-23-7-6-13-16(17(21)22)18-14(20)8-15(18)24-13/h2-6,15-16H,7-9H2,1H3,(H,21,22)/b13-6-/t15-,16-/m1/s1. The number of ketones is 1.